The second-order valence-electron chi connectivity index (χ2n) is 7.04. The van der Waals surface area contributed by atoms with Crippen LogP contribution in [0.1, 0.15) is 53.1 Å². The molecule has 0 aliphatic rings. The van der Waals surface area contributed by atoms with E-state index in [0.29, 0.717) is 24.6 Å². The van der Waals surface area contributed by atoms with E-state index in [2.05, 4.69) is 39.9 Å². The summed E-state index contributed by atoms with van der Waals surface area (Å²) in [4.78, 5) is 16.6. The van der Waals surface area contributed by atoms with Gasteiger partial charge in [0.2, 0.25) is 0 Å². The van der Waals surface area contributed by atoms with Crippen LogP contribution in [0.2, 0.25) is 0 Å². The van der Waals surface area contributed by atoms with Crippen molar-refractivity contribution in [2.45, 2.75) is 53.2 Å². The number of nitrogens with one attached hydrogen (secondary N) is 3. The van der Waals surface area contributed by atoms with Gasteiger partial charge < -0.3 is 16.0 Å². The van der Waals surface area contributed by atoms with E-state index in [4.69, 9.17) is 0 Å². The average molecular weight is 385 g/mol. The van der Waals surface area contributed by atoms with Gasteiger partial charge in [0.25, 0.3) is 5.91 Å². The third-order valence-corrected chi connectivity index (χ3v) is 4.95. The monoisotopic (exact) mass is 384 g/mol. The lowest BCUT2D eigenvalue weighted by Crippen LogP contribution is -2.36. The Morgan fingerprint density at radius 2 is 1.96 bits per heavy atom. The van der Waals surface area contributed by atoms with Gasteiger partial charge in [0.05, 0.1) is 5.69 Å². The first-order valence-electron chi connectivity index (χ1n) is 9.69. The highest BCUT2D eigenvalue weighted by Gasteiger charge is 2.11. The molecule has 1 heterocycles. The minimum Gasteiger partial charge on any atom is -0.352 e. The van der Waals surface area contributed by atoms with Crippen molar-refractivity contribution in [2.75, 3.05) is 7.05 Å². The smallest absolute Gasteiger partial charge is 0.251 e. The molecule has 0 aliphatic heterocycles. The van der Waals surface area contributed by atoms with Gasteiger partial charge in [-0.3, -0.25) is 14.5 Å². The fourth-order valence-corrected chi connectivity index (χ4v) is 2.88. The zero-order valence-corrected chi connectivity index (χ0v) is 17.8. The molecule has 0 fully saturated rings. The van der Waals surface area contributed by atoms with Crippen LogP contribution >= 0.6 is 0 Å². The van der Waals surface area contributed by atoms with Crippen LogP contribution < -0.4 is 16.0 Å². The van der Waals surface area contributed by atoms with Crippen molar-refractivity contribution in [2.24, 2.45) is 12.0 Å². The van der Waals surface area contributed by atoms with Crippen LogP contribution in [-0.2, 0) is 20.1 Å². The van der Waals surface area contributed by atoms with E-state index < -0.39 is 0 Å². The molecular formula is C21H32N6O. The van der Waals surface area contributed by atoms with E-state index in [1.807, 2.05) is 49.8 Å². The van der Waals surface area contributed by atoms with E-state index in [1.165, 1.54) is 5.56 Å². The van der Waals surface area contributed by atoms with Crippen LogP contribution in [0, 0.1) is 13.8 Å². The van der Waals surface area contributed by atoms with Crippen molar-refractivity contribution >= 4 is 11.9 Å². The highest BCUT2D eigenvalue weighted by atomic mass is 16.1. The molecule has 0 saturated heterocycles. The zero-order chi connectivity index (χ0) is 20.7. The molecule has 0 bridgehead atoms. The van der Waals surface area contributed by atoms with Crippen molar-refractivity contribution in [3.63, 3.8) is 0 Å². The zero-order valence-electron chi connectivity index (χ0n) is 17.8. The number of nitrogens with zero attached hydrogens (tertiary/aromatic N) is 3. The number of hydrogen-bond donors (Lipinski definition) is 3. The van der Waals surface area contributed by atoms with Crippen LogP contribution in [0.5, 0.6) is 0 Å². The lowest BCUT2D eigenvalue weighted by Gasteiger charge is -2.14. The fourth-order valence-electron chi connectivity index (χ4n) is 2.88. The first-order chi connectivity index (χ1) is 13.3. The minimum atomic E-state index is -0.0405. The molecule has 1 amide bonds. The Bertz CT molecular complexity index is 839. The molecule has 1 aromatic heterocycles. The summed E-state index contributed by atoms with van der Waals surface area (Å²) in [5, 5.41) is 14.1. The maximum Gasteiger partial charge on any atom is 0.251 e. The van der Waals surface area contributed by atoms with Gasteiger partial charge in [0.1, 0.15) is 0 Å². The van der Waals surface area contributed by atoms with Gasteiger partial charge in [-0.05, 0) is 44.9 Å². The summed E-state index contributed by atoms with van der Waals surface area (Å²) in [6.07, 6.45) is 0.908. The minimum absolute atomic E-state index is 0.0405. The Hall–Kier alpha value is -2.83. The molecule has 0 aliphatic carbocycles. The molecule has 0 saturated carbocycles. The van der Waals surface area contributed by atoms with Gasteiger partial charge in [-0.15, -0.1) is 0 Å². The normalized spacial score (nSPS) is 12.6. The quantitative estimate of drug-likeness (QED) is 0.506. The van der Waals surface area contributed by atoms with Gasteiger partial charge in [0, 0.05) is 50.0 Å². The van der Waals surface area contributed by atoms with E-state index in [-0.39, 0.29) is 11.9 Å². The third kappa shape index (κ3) is 5.58. The molecule has 2 rings (SSSR count). The number of hydrogen-bond acceptors (Lipinski definition) is 3. The number of amides is 1. The van der Waals surface area contributed by atoms with Crippen LogP contribution in [0.3, 0.4) is 0 Å². The summed E-state index contributed by atoms with van der Waals surface area (Å²) in [6.45, 7) is 9.36. The Kier molecular flexibility index (Phi) is 7.61. The Balaban J connectivity index is 1.94. The summed E-state index contributed by atoms with van der Waals surface area (Å²) < 4.78 is 1.89. The Labute approximate surface area is 167 Å². The molecule has 1 aromatic carbocycles. The molecular weight excluding hydrogens is 352 g/mol. The van der Waals surface area contributed by atoms with Crippen molar-refractivity contribution in [1.29, 1.82) is 0 Å². The van der Waals surface area contributed by atoms with E-state index in [0.717, 1.165) is 23.4 Å². The largest absolute Gasteiger partial charge is 0.352 e. The maximum absolute atomic E-state index is 12.3. The van der Waals surface area contributed by atoms with E-state index >= 15 is 0 Å². The van der Waals surface area contributed by atoms with Crippen molar-refractivity contribution in [3.05, 3.63) is 52.3 Å². The van der Waals surface area contributed by atoms with Crippen LogP contribution in [-0.4, -0.2) is 34.7 Å². The highest BCUT2D eigenvalue weighted by molar-refractivity contribution is 5.94. The van der Waals surface area contributed by atoms with Crippen molar-refractivity contribution < 1.29 is 4.79 Å². The first-order valence-corrected chi connectivity index (χ1v) is 9.69. The fraction of sp³-hybridized carbons (Fsp3) is 0.476. The summed E-state index contributed by atoms with van der Waals surface area (Å²) in [7, 11) is 3.69. The molecule has 28 heavy (non-hydrogen) atoms. The van der Waals surface area contributed by atoms with Gasteiger partial charge in [-0.2, -0.15) is 5.10 Å². The predicted octanol–water partition coefficient (Wildman–Crippen LogP) is 2.43. The van der Waals surface area contributed by atoms with E-state index in [9.17, 15) is 4.79 Å². The lowest BCUT2D eigenvalue weighted by molar-refractivity contribution is 0.0939. The molecule has 7 heteroatoms. The number of carbonyl (C=O) groups is 1. The molecule has 7 nitrogen and oxygen atoms in total. The molecule has 2 aromatic rings. The summed E-state index contributed by atoms with van der Waals surface area (Å²) >= 11 is 0. The Morgan fingerprint density at radius 1 is 1.25 bits per heavy atom. The second-order valence-corrected chi connectivity index (χ2v) is 7.04. The SMILES string of the molecule is CCC(C)NC(=O)c1cccc(CNC(=NC)NCc2c(C)nn(C)c2C)c1. The van der Waals surface area contributed by atoms with Crippen molar-refractivity contribution in [3.8, 4) is 0 Å². The number of benzene rings is 1. The average Bonchev–Trinajstić information content (AvgIpc) is 2.93. The summed E-state index contributed by atoms with van der Waals surface area (Å²) in [5.41, 5.74) is 5.02. The van der Waals surface area contributed by atoms with Gasteiger partial charge in [-0.25, -0.2) is 0 Å². The molecule has 0 spiro atoms. The van der Waals surface area contributed by atoms with Gasteiger partial charge in [0.15, 0.2) is 5.96 Å². The maximum atomic E-state index is 12.3. The van der Waals surface area contributed by atoms with Crippen LogP contribution in [0.4, 0.5) is 0 Å². The number of aliphatic imine (C=N–C) groups is 1. The van der Waals surface area contributed by atoms with Crippen LogP contribution in [0.25, 0.3) is 0 Å². The second kappa shape index (κ2) is 9.92. The molecule has 152 valence electrons. The number of carbonyl (C=O) groups excluding carboxylic acids is 1. The molecule has 1 unspecified atom stereocenters. The van der Waals surface area contributed by atoms with E-state index in [1.54, 1.807) is 7.05 Å². The Morgan fingerprint density at radius 3 is 2.57 bits per heavy atom. The number of aromatic nitrogens is 2. The summed E-state index contributed by atoms with van der Waals surface area (Å²) in [6, 6.07) is 7.81. The lowest BCUT2D eigenvalue weighted by atomic mass is 10.1. The number of rotatable bonds is 7. The molecule has 0 radical (unpaired) electrons. The standard InChI is InChI=1S/C21H32N6O/c1-7-14(2)25-20(28)18-10-8-9-17(11-18)12-23-21(22-5)24-13-19-15(3)26-27(6)16(19)4/h8-11,14H,7,12-13H2,1-6H3,(H,25,28)(H2,22,23,24). The van der Waals surface area contributed by atoms with Gasteiger partial charge >= 0.3 is 0 Å². The molecule has 3 N–H and O–H groups in total. The van der Waals surface area contributed by atoms with Gasteiger partial charge in [-0.1, -0.05) is 19.1 Å². The topological polar surface area (TPSA) is 83.3 Å². The third-order valence-electron chi connectivity index (χ3n) is 4.95. The highest BCUT2D eigenvalue weighted by Crippen LogP contribution is 2.11. The number of guanidine groups is 1. The molecule has 1 atom stereocenters. The van der Waals surface area contributed by atoms with Crippen LogP contribution in [0.15, 0.2) is 29.3 Å². The number of aryl methyl sites for hydroxylation is 2. The van der Waals surface area contributed by atoms with Crippen molar-refractivity contribution in [1.82, 2.24) is 25.7 Å². The first kappa shape index (κ1) is 21.5. The summed E-state index contributed by atoms with van der Waals surface area (Å²) in [5.74, 6) is 0.665. The predicted molar refractivity (Wildman–Crippen MR) is 113 cm³/mol.